The number of esters is 2. The van der Waals surface area contributed by atoms with Crippen molar-refractivity contribution in [3.63, 3.8) is 0 Å². The summed E-state index contributed by atoms with van der Waals surface area (Å²) in [6.45, 7) is 2.37. The lowest BCUT2D eigenvalue weighted by molar-refractivity contribution is -0.383. The number of rotatable bonds is 9. The molecule has 12 heteroatoms. The summed E-state index contributed by atoms with van der Waals surface area (Å²) in [6.07, 6.45) is 1.14. The number of anilines is 4. The molecular formula is C22H21N5O7. The highest BCUT2D eigenvalue weighted by Crippen LogP contribution is 2.33. The smallest absolute Gasteiger partial charge is 0.353 e. The Morgan fingerprint density at radius 2 is 1.44 bits per heavy atom. The summed E-state index contributed by atoms with van der Waals surface area (Å²) in [5, 5.41) is 17.5. The highest BCUT2D eigenvalue weighted by atomic mass is 16.6. The number of ether oxygens (including phenoxy) is 3. The summed E-state index contributed by atoms with van der Waals surface area (Å²) >= 11 is 0. The first-order valence-corrected chi connectivity index (χ1v) is 9.94. The zero-order valence-electron chi connectivity index (χ0n) is 18.5. The number of nitro groups is 1. The lowest BCUT2D eigenvalue weighted by Gasteiger charge is -2.12. The van der Waals surface area contributed by atoms with Crippen molar-refractivity contribution in [3.8, 4) is 5.75 Å². The van der Waals surface area contributed by atoms with Crippen LogP contribution in [0, 0.1) is 10.1 Å². The van der Waals surface area contributed by atoms with Crippen LogP contribution in [0.15, 0.2) is 48.8 Å². The summed E-state index contributed by atoms with van der Waals surface area (Å²) in [5.74, 6) is -0.984. The second-order valence-electron chi connectivity index (χ2n) is 6.67. The number of hydrogen-bond acceptors (Lipinski definition) is 11. The number of aromatic nitrogens is 2. The molecule has 0 radical (unpaired) electrons. The molecule has 0 fully saturated rings. The van der Waals surface area contributed by atoms with Gasteiger partial charge in [0.25, 0.3) is 0 Å². The van der Waals surface area contributed by atoms with E-state index in [0.717, 1.165) is 6.33 Å². The molecule has 0 saturated heterocycles. The number of nitrogens with zero attached hydrogens (tertiary/aromatic N) is 3. The van der Waals surface area contributed by atoms with Crippen LogP contribution >= 0.6 is 0 Å². The maximum Gasteiger partial charge on any atom is 0.353 e. The fourth-order valence-electron chi connectivity index (χ4n) is 2.98. The fourth-order valence-corrected chi connectivity index (χ4v) is 2.98. The van der Waals surface area contributed by atoms with Crippen molar-refractivity contribution >= 4 is 40.6 Å². The Balaban J connectivity index is 1.98. The molecule has 0 spiro atoms. The van der Waals surface area contributed by atoms with Gasteiger partial charge in [-0.25, -0.2) is 19.6 Å². The Morgan fingerprint density at radius 1 is 0.912 bits per heavy atom. The van der Waals surface area contributed by atoms with Gasteiger partial charge in [-0.05, 0) is 49.4 Å². The van der Waals surface area contributed by atoms with Crippen LogP contribution in [0.25, 0.3) is 0 Å². The third-order valence-corrected chi connectivity index (χ3v) is 4.47. The normalized spacial score (nSPS) is 10.2. The van der Waals surface area contributed by atoms with Gasteiger partial charge in [0.2, 0.25) is 11.6 Å². The van der Waals surface area contributed by atoms with Crippen molar-refractivity contribution in [2.24, 2.45) is 0 Å². The van der Waals surface area contributed by atoms with Crippen molar-refractivity contribution in [2.75, 3.05) is 31.5 Å². The molecule has 2 aromatic carbocycles. The van der Waals surface area contributed by atoms with E-state index in [2.05, 4.69) is 20.6 Å². The Hall–Kier alpha value is -4.74. The maximum atomic E-state index is 12.0. The first-order chi connectivity index (χ1) is 16.4. The molecule has 0 amide bonds. The number of hydrogen-bond donors (Lipinski definition) is 2. The average Bonchev–Trinajstić information content (AvgIpc) is 2.84. The largest absolute Gasteiger partial charge is 0.494 e. The Labute approximate surface area is 194 Å². The summed E-state index contributed by atoms with van der Waals surface area (Å²) in [6, 6.07) is 10.8. The van der Waals surface area contributed by atoms with E-state index in [1.165, 1.54) is 32.4 Å². The van der Waals surface area contributed by atoms with E-state index in [1.807, 2.05) is 6.92 Å². The lowest BCUT2D eigenvalue weighted by Crippen LogP contribution is -2.09. The van der Waals surface area contributed by atoms with Gasteiger partial charge in [-0.1, -0.05) is 0 Å². The van der Waals surface area contributed by atoms with Crippen molar-refractivity contribution in [3.05, 3.63) is 70.0 Å². The number of carbonyl (C=O) groups is 2. The van der Waals surface area contributed by atoms with Crippen LogP contribution in [0.5, 0.6) is 5.75 Å². The lowest BCUT2D eigenvalue weighted by atomic mass is 10.1. The minimum Gasteiger partial charge on any atom is -0.494 e. The molecule has 2 N–H and O–H groups in total. The minimum atomic E-state index is -0.705. The molecule has 0 aliphatic heterocycles. The van der Waals surface area contributed by atoms with E-state index in [0.29, 0.717) is 18.0 Å². The molecular weight excluding hydrogens is 446 g/mol. The Bertz CT molecular complexity index is 1180. The van der Waals surface area contributed by atoms with E-state index in [1.54, 1.807) is 24.3 Å². The fraction of sp³-hybridized carbons (Fsp3) is 0.182. The van der Waals surface area contributed by atoms with Crippen LogP contribution in [0.2, 0.25) is 0 Å². The van der Waals surface area contributed by atoms with Gasteiger partial charge in [-0.3, -0.25) is 10.1 Å². The van der Waals surface area contributed by atoms with Crippen LogP contribution in [0.3, 0.4) is 0 Å². The van der Waals surface area contributed by atoms with Crippen LogP contribution in [-0.4, -0.2) is 47.7 Å². The molecule has 3 aromatic rings. The van der Waals surface area contributed by atoms with Gasteiger partial charge < -0.3 is 24.8 Å². The molecule has 34 heavy (non-hydrogen) atoms. The topological polar surface area (TPSA) is 155 Å². The summed E-state index contributed by atoms with van der Waals surface area (Å²) in [4.78, 5) is 43.2. The first-order valence-electron chi connectivity index (χ1n) is 9.94. The van der Waals surface area contributed by atoms with Gasteiger partial charge in [0, 0.05) is 11.4 Å². The molecule has 3 rings (SSSR count). The SMILES string of the molecule is CCOc1ccc(Nc2ncnc(Nc3cc(C(=O)OC)cc(C(=O)OC)c3)c2[N+](=O)[O-])cc1. The van der Waals surface area contributed by atoms with Crippen molar-refractivity contribution in [1.82, 2.24) is 9.97 Å². The second kappa shape index (κ2) is 10.7. The number of nitrogens with one attached hydrogen (secondary N) is 2. The van der Waals surface area contributed by atoms with Crippen LogP contribution in [-0.2, 0) is 9.47 Å². The minimum absolute atomic E-state index is 0.0392. The van der Waals surface area contributed by atoms with Crippen molar-refractivity contribution in [1.29, 1.82) is 0 Å². The van der Waals surface area contributed by atoms with Gasteiger partial charge in [0.1, 0.15) is 12.1 Å². The molecule has 12 nitrogen and oxygen atoms in total. The molecule has 176 valence electrons. The summed E-state index contributed by atoms with van der Waals surface area (Å²) in [5.41, 5.74) is 0.350. The highest BCUT2D eigenvalue weighted by molar-refractivity contribution is 5.97. The molecule has 0 unspecified atom stereocenters. The molecule has 0 aliphatic carbocycles. The molecule has 0 bridgehead atoms. The molecule has 0 aliphatic rings. The van der Waals surface area contributed by atoms with E-state index in [4.69, 9.17) is 14.2 Å². The third kappa shape index (κ3) is 5.54. The van der Waals surface area contributed by atoms with E-state index in [-0.39, 0.29) is 28.5 Å². The van der Waals surface area contributed by atoms with Gasteiger partial charge in [-0.15, -0.1) is 0 Å². The van der Waals surface area contributed by atoms with Gasteiger partial charge in [-0.2, -0.15) is 0 Å². The summed E-state index contributed by atoms with van der Waals surface area (Å²) in [7, 11) is 2.38. The maximum absolute atomic E-state index is 12.0. The number of methoxy groups -OCH3 is 2. The van der Waals surface area contributed by atoms with Crippen LogP contribution in [0.1, 0.15) is 27.6 Å². The van der Waals surface area contributed by atoms with Gasteiger partial charge in [0.15, 0.2) is 0 Å². The highest BCUT2D eigenvalue weighted by Gasteiger charge is 2.24. The monoisotopic (exact) mass is 467 g/mol. The number of carbonyl (C=O) groups excluding carboxylic acids is 2. The van der Waals surface area contributed by atoms with E-state index in [9.17, 15) is 19.7 Å². The van der Waals surface area contributed by atoms with Crippen LogP contribution < -0.4 is 15.4 Å². The predicted octanol–water partition coefficient (Wildman–Crippen LogP) is 3.84. The second-order valence-corrected chi connectivity index (χ2v) is 6.67. The average molecular weight is 467 g/mol. The predicted molar refractivity (Wildman–Crippen MR) is 122 cm³/mol. The van der Waals surface area contributed by atoms with Crippen molar-refractivity contribution < 1.29 is 28.7 Å². The zero-order chi connectivity index (χ0) is 24.7. The van der Waals surface area contributed by atoms with Gasteiger partial charge >= 0.3 is 17.6 Å². The molecule has 1 heterocycles. The zero-order valence-corrected chi connectivity index (χ0v) is 18.5. The summed E-state index contributed by atoms with van der Waals surface area (Å²) < 4.78 is 14.8. The quantitative estimate of drug-likeness (QED) is 0.268. The van der Waals surface area contributed by atoms with Gasteiger partial charge in [0.05, 0.1) is 36.9 Å². The Kier molecular flexibility index (Phi) is 7.54. The third-order valence-electron chi connectivity index (χ3n) is 4.47. The molecule has 1 aromatic heterocycles. The van der Waals surface area contributed by atoms with E-state index >= 15 is 0 Å². The van der Waals surface area contributed by atoms with Crippen molar-refractivity contribution in [2.45, 2.75) is 6.92 Å². The van der Waals surface area contributed by atoms with Crippen LogP contribution in [0.4, 0.5) is 28.7 Å². The number of benzene rings is 2. The molecule has 0 atom stereocenters. The first kappa shape index (κ1) is 23.9. The van der Waals surface area contributed by atoms with E-state index < -0.39 is 22.5 Å². The Morgan fingerprint density at radius 3 is 1.91 bits per heavy atom. The molecule has 0 saturated carbocycles. The standard InChI is InChI=1S/C22H21N5O7/c1-4-34-17-7-5-15(6-8-17)25-19-18(27(30)31)20(24-12-23-19)26-16-10-13(21(28)32-2)9-14(11-16)22(29)33-3/h5-12H,4H2,1-3H3,(H2,23,24,25,26).